The predicted octanol–water partition coefficient (Wildman–Crippen LogP) is 0.396. The van der Waals surface area contributed by atoms with E-state index in [9.17, 15) is 4.79 Å². The molecule has 82 valence electrons. The average molecular weight is 201 g/mol. The molecular formula is C10H19NO3. The fraction of sp³-hybridized carbons (Fsp3) is 0.900. The van der Waals surface area contributed by atoms with E-state index >= 15 is 0 Å². The number of aliphatic hydroxyl groups excluding tert-OH is 1. The van der Waals surface area contributed by atoms with Gasteiger partial charge in [-0.05, 0) is 19.8 Å². The van der Waals surface area contributed by atoms with Gasteiger partial charge in [0.1, 0.15) is 0 Å². The third-order valence-electron chi connectivity index (χ3n) is 2.57. The molecule has 4 nitrogen and oxygen atoms in total. The molecule has 1 N–H and O–H groups in total. The van der Waals surface area contributed by atoms with Crippen molar-refractivity contribution in [3.8, 4) is 0 Å². The van der Waals surface area contributed by atoms with E-state index in [2.05, 4.69) is 0 Å². The minimum atomic E-state index is 0.0455. The Morgan fingerprint density at radius 3 is 3.07 bits per heavy atom. The van der Waals surface area contributed by atoms with Gasteiger partial charge >= 0.3 is 0 Å². The molecule has 1 rings (SSSR count). The molecule has 1 saturated heterocycles. The van der Waals surface area contributed by atoms with Crippen LogP contribution in [0.25, 0.3) is 0 Å². The summed E-state index contributed by atoms with van der Waals surface area (Å²) in [6.45, 7) is 3.92. The Morgan fingerprint density at radius 1 is 1.64 bits per heavy atom. The zero-order valence-corrected chi connectivity index (χ0v) is 8.74. The highest BCUT2D eigenvalue weighted by molar-refractivity contribution is 5.76. The Hall–Kier alpha value is -0.610. The number of hydrogen-bond donors (Lipinski definition) is 1. The molecule has 1 atom stereocenters. The number of rotatable bonds is 5. The maximum Gasteiger partial charge on any atom is 0.225 e. The fourth-order valence-electron chi connectivity index (χ4n) is 1.80. The highest BCUT2D eigenvalue weighted by Gasteiger charge is 2.27. The number of likely N-dealkylation sites (tertiary alicyclic amines) is 1. The summed E-state index contributed by atoms with van der Waals surface area (Å²) in [6.07, 6.45) is 2.37. The molecule has 1 unspecified atom stereocenters. The van der Waals surface area contributed by atoms with E-state index in [-0.39, 0.29) is 18.6 Å². The molecule has 1 fully saturated rings. The Labute approximate surface area is 84.8 Å². The molecule has 0 radical (unpaired) electrons. The van der Waals surface area contributed by atoms with Crippen molar-refractivity contribution in [2.75, 3.05) is 26.4 Å². The van der Waals surface area contributed by atoms with Crippen molar-refractivity contribution in [3.63, 3.8) is 0 Å². The second-order valence-corrected chi connectivity index (χ2v) is 3.51. The minimum absolute atomic E-state index is 0.0455. The average Bonchev–Trinajstić information content (AvgIpc) is 2.65. The largest absolute Gasteiger partial charge is 0.394 e. The highest BCUT2D eigenvalue weighted by Crippen LogP contribution is 2.17. The summed E-state index contributed by atoms with van der Waals surface area (Å²) in [5.74, 6) is 0.106. The van der Waals surface area contributed by atoms with Crippen molar-refractivity contribution in [2.24, 2.45) is 0 Å². The lowest BCUT2D eigenvalue weighted by molar-refractivity contribution is -0.133. The van der Waals surface area contributed by atoms with Gasteiger partial charge in [0.2, 0.25) is 5.91 Å². The maximum atomic E-state index is 11.6. The van der Waals surface area contributed by atoms with Gasteiger partial charge in [0.15, 0.2) is 0 Å². The molecule has 0 aliphatic carbocycles. The lowest BCUT2D eigenvalue weighted by Crippen LogP contribution is -2.38. The van der Waals surface area contributed by atoms with E-state index in [0.29, 0.717) is 19.6 Å². The van der Waals surface area contributed by atoms with Crippen LogP contribution >= 0.6 is 0 Å². The van der Waals surface area contributed by atoms with Crippen LogP contribution < -0.4 is 0 Å². The maximum absolute atomic E-state index is 11.6. The summed E-state index contributed by atoms with van der Waals surface area (Å²) in [7, 11) is 0. The van der Waals surface area contributed by atoms with Gasteiger partial charge in [-0.25, -0.2) is 0 Å². The fourth-order valence-corrected chi connectivity index (χ4v) is 1.80. The number of amides is 1. The summed E-state index contributed by atoms with van der Waals surface area (Å²) in [5, 5.41) is 9.03. The lowest BCUT2D eigenvalue weighted by Gasteiger charge is -2.22. The van der Waals surface area contributed by atoms with Gasteiger partial charge in [0.25, 0.3) is 0 Å². The van der Waals surface area contributed by atoms with Crippen molar-refractivity contribution in [3.05, 3.63) is 0 Å². The molecule has 0 saturated carbocycles. The Balaban J connectivity index is 2.28. The number of carbonyl (C=O) groups excluding carboxylic acids is 1. The minimum Gasteiger partial charge on any atom is -0.394 e. The number of ether oxygens (including phenoxy) is 1. The van der Waals surface area contributed by atoms with Gasteiger partial charge in [-0.2, -0.15) is 0 Å². The van der Waals surface area contributed by atoms with Gasteiger partial charge in [-0.3, -0.25) is 4.79 Å². The quantitative estimate of drug-likeness (QED) is 0.655. The molecule has 0 spiro atoms. The molecule has 4 heteroatoms. The van der Waals surface area contributed by atoms with Crippen LogP contribution in [0.1, 0.15) is 26.2 Å². The zero-order valence-electron chi connectivity index (χ0n) is 8.74. The predicted molar refractivity (Wildman–Crippen MR) is 52.9 cm³/mol. The number of nitrogens with zero attached hydrogens (tertiary/aromatic N) is 1. The van der Waals surface area contributed by atoms with Gasteiger partial charge < -0.3 is 14.7 Å². The molecule has 1 aliphatic heterocycles. The summed E-state index contributed by atoms with van der Waals surface area (Å²) in [6, 6.07) is 0.0455. The van der Waals surface area contributed by atoms with Crippen LogP contribution in [0.5, 0.6) is 0 Å². The van der Waals surface area contributed by atoms with Crippen molar-refractivity contribution in [1.82, 2.24) is 4.90 Å². The molecule has 1 amide bonds. The SMILES string of the molecule is CCOCCC(=O)N1CCCC1CO. The molecule has 0 aromatic carbocycles. The molecule has 1 heterocycles. The van der Waals surface area contributed by atoms with Crippen LogP contribution in [-0.4, -0.2) is 48.3 Å². The first-order chi connectivity index (χ1) is 6.79. The second-order valence-electron chi connectivity index (χ2n) is 3.51. The monoisotopic (exact) mass is 201 g/mol. The van der Waals surface area contributed by atoms with Crippen molar-refractivity contribution in [1.29, 1.82) is 0 Å². The van der Waals surface area contributed by atoms with E-state index in [1.165, 1.54) is 0 Å². The van der Waals surface area contributed by atoms with Gasteiger partial charge in [-0.15, -0.1) is 0 Å². The highest BCUT2D eigenvalue weighted by atomic mass is 16.5. The van der Waals surface area contributed by atoms with E-state index in [0.717, 1.165) is 19.4 Å². The standard InChI is InChI=1S/C10H19NO3/c1-2-14-7-5-10(13)11-6-3-4-9(11)8-12/h9,12H,2-8H2,1H3. The smallest absolute Gasteiger partial charge is 0.225 e. The van der Waals surface area contributed by atoms with Crippen LogP contribution in [-0.2, 0) is 9.53 Å². The molecular weight excluding hydrogens is 182 g/mol. The topological polar surface area (TPSA) is 49.8 Å². The van der Waals surface area contributed by atoms with Crippen LogP contribution in [0, 0.1) is 0 Å². The van der Waals surface area contributed by atoms with Crippen molar-refractivity contribution in [2.45, 2.75) is 32.2 Å². The number of carbonyl (C=O) groups is 1. The second kappa shape index (κ2) is 5.98. The Morgan fingerprint density at radius 2 is 2.43 bits per heavy atom. The van der Waals surface area contributed by atoms with Gasteiger partial charge in [0, 0.05) is 13.2 Å². The first-order valence-corrected chi connectivity index (χ1v) is 5.27. The lowest BCUT2D eigenvalue weighted by atomic mass is 10.2. The summed E-state index contributed by atoms with van der Waals surface area (Å²) in [4.78, 5) is 13.4. The van der Waals surface area contributed by atoms with Crippen molar-refractivity contribution < 1.29 is 14.6 Å². The van der Waals surface area contributed by atoms with E-state index in [4.69, 9.17) is 9.84 Å². The molecule has 0 aromatic rings. The Kier molecular flexibility index (Phi) is 4.90. The molecule has 0 bridgehead atoms. The molecule has 1 aliphatic rings. The van der Waals surface area contributed by atoms with Crippen LogP contribution in [0.4, 0.5) is 0 Å². The summed E-state index contributed by atoms with van der Waals surface area (Å²) < 4.78 is 5.12. The van der Waals surface area contributed by atoms with Gasteiger partial charge in [-0.1, -0.05) is 0 Å². The first kappa shape index (κ1) is 11.5. The van der Waals surface area contributed by atoms with Crippen LogP contribution in [0.3, 0.4) is 0 Å². The summed E-state index contributed by atoms with van der Waals surface area (Å²) in [5.41, 5.74) is 0. The zero-order chi connectivity index (χ0) is 10.4. The van der Waals surface area contributed by atoms with E-state index in [1.807, 2.05) is 6.92 Å². The first-order valence-electron chi connectivity index (χ1n) is 5.27. The van der Waals surface area contributed by atoms with E-state index in [1.54, 1.807) is 4.90 Å². The third-order valence-corrected chi connectivity index (χ3v) is 2.57. The normalized spacial score (nSPS) is 21.6. The molecule has 14 heavy (non-hydrogen) atoms. The van der Waals surface area contributed by atoms with Crippen LogP contribution in [0.2, 0.25) is 0 Å². The molecule has 0 aromatic heterocycles. The van der Waals surface area contributed by atoms with Crippen LogP contribution in [0.15, 0.2) is 0 Å². The summed E-state index contributed by atoms with van der Waals surface area (Å²) >= 11 is 0. The Bertz CT molecular complexity index is 184. The third kappa shape index (κ3) is 2.96. The number of hydrogen-bond acceptors (Lipinski definition) is 3. The van der Waals surface area contributed by atoms with E-state index < -0.39 is 0 Å². The number of aliphatic hydroxyl groups is 1. The van der Waals surface area contributed by atoms with Crippen molar-refractivity contribution >= 4 is 5.91 Å². The van der Waals surface area contributed by atoms with Gasteiger partial charge in [0.05, 0.1) is 25.7 Å².